The lowest BCUT2D eigenvalue weighted by molar-refractivity contribution is -0.137. The van der Waals surface area contributed by atoms with Gasteiger partial charge in [-0.2, -0.15) is 13.2 Å². The number of halogens is 3. The molecule has 2 aromatic rings. The molecule has 2 heterocycles. The fraction of sp³-hybridized carbons (Fsp3) is 0.211. The van der Waals surface area contributed by atoms with Crippen LogP contribution in [0.2, 0.25) is 0 Å². The Morgan fingerprint density at radius 2 is 1.77 bits per heavy atom. The molecule has 2 aromatic carbocycles. The minimum Gasteiger partial charge on any atom is -0.454 e. The SMILES string of the molecule is O=C(C=C1NCCc2cc3c(cc21)OCO3)c1ccc(C(F)(F)F)cc1. The van der Waals surface area contributed by atoms with Gasteiger partial charge in [0, 0.05) is 29.4 Å². The zero-order valence-corrected chi connectivity index (χ0v) is 13.5. The molecule has 4 nitrogen and oxygen atoms in total. The van der Waals surface area contributed by atoms with Gasteiger partial charge in [0.1, 0.15) is 0 Å². The predicted molar refractivity (Wildman–Crippen MR) is 88.0 cm³/mol. The second-order valence-corrected chi connectivity index (χ2v) is 6.04. The van der Waals surface area contributed by atoms with Crippen molar-refractivity contribution >= 4 is 11.5 Å². The summed E-state index contributed by atoms with van der Waals surface area (Å²) in [5.74, 6) is 0.922. The lowest BCUT2D eigenvalue weighted by atomic mass is 9.95. The molecule has 0 fully saturated rings. The molecule has 4 rings (SSSR count). The number of ketones is 1. The van der Waals surface area contributed by atoms with Gasteiger partial charge >= 0.3 is 6.18 Å². The van der Waals surface area contributed by atoms with Crippen molar-refractivity contribution in [2.24, 2.45) is 0 Å². The maximum absolute atomic E-state index is 12.6. The predicted octanol–water partition coefficient (Wildman–Crippen LogP) is 3.80. The largest absolute Gasteiger partial charge is 0.454 e. The van der Waals surface area contributed by atoms with Crippen LogP contribution in [-0.2, 0) is 12.6 Å². The van der Waals surface area contributed by atoms with E-state index < -0.39 is 11.7 Å². The molecule has 0 aliphatic carbocycles. The molecule has 2 aliphatic heterocycles. The first-order valence-electron chi connectivity index (χ1n) is 8.02. The van der Waals surface area contributed by atoms with Crippen molar-refractivity contribution in [2.75, 3.05) is 13.3 Å². The maximum atomic E-state index is 12.6. The summed E-state index contributed by atoms with van der Waals surface area (Å²) in [4.78, 5) is 12.5. The number of alkyl halides is 3. The number of hydrogen-bond donors (Lipinski definition) is 1. The van der Waals surface area contributed by atoms with Gasteiger partial charge in [0.15, 0.2) is 17.3 Å². The van der Waals surface area contributed by atoms with Crippen LogP contribution in [0.1, 0.15) is 27.0 Å². The number of allylic oxidation sites excluding steroid dienone is 1. The molecule has 134 valence electrons. The Balaban J connectivity index is 1.64. The number of carbonyl (C=O) groups excluding carboxylic acids is 1. The lowest BCUT2D eigenvalue weighted by Gasteiger charge is -2.21. The summed E-state index contributed by atoms with van der Waals surface area (Å²) in [6.45, 7) is 0.813. The molecule has 26 heavy (non-hydrogen) atoms. The Bertz CT molecular complexity index is 901. The third kappa shape index (κ3) is 3.00. The van der Waals surface area contributed by atoms with Gasteiger partial charge in [-0.3, -0.25) is 4.79 Å². The number of hydrogen-bond acceptors (Lipinski definition) is 4. The first-order chi connectivity index (χ1) is 12.4. The molecule has 0 radical (unpaired) electrons. The first-order valence-corrected chi connectivity index (χ1v) is 8.02. The summed E-state index contributed by atoms with van der Waals surface area (Å²) >= 11 is 0. The summed E-state index contributed by atoms with van der Waals surface area (Å²) in [7, 11) is 0. The standard InChI is InChI=1S/C19H14F3NO3/c20-19(21,22)13-3-1-11(2-4-13)16(24)9-15-14-8-18-17(25-10-26-18)7-12(14)5-6-23-15/h1-4,7-9,23H,5-6,10H2. The maximum Gasteiger partial charge on any atom is 0.416 e. The van der Waals surface area contributed by atoms with Crippen LogP contribution in [0.15, 0.2) is 42.5 Å². The van der Waals surface area contributed by atoms with Gasteiger partial charge in [-0.05, 0) is 36.2 Å². The number of benzene rings is 2. The topological polar surface area (TPSA) is 47.6 Å². The van der Waals surface area contributed by atoms with Gasteiger partial charge in [-0.15, -0.1) is 0 Å². The van der Waals surface area contributed by atoms with E-state index in [2.05, 4.69) is 5.32 Å². The molecule has 0 atom stereocenters. The monoisotopic (exact) mass is 361 g/mol. The summed E-state index contributed by atoms with van der Waals surface area (Å²) in [6, 6.07) is 7.90. The summed E-state index contributed by atoms with van der Waals surface area (Å²) in [5, 5.41) is 3.17. The quantitative estimate of drug-likeness (QED) is 0.653. The zero-order chi connectivity index (χ0) is 18.3. The van der Waals surface area contributed by atoms with Crippen LogP contribution in [0, 0.1) is 0 Å². The summed E-state index contributed by atoms with van der Waals surface area (Å²) < 4.78 is 48.7. The molecular formula is C19H14F3NO3. The third-order valence-corrected chi connectivity index (χ3v) is 4.37. The Kier molecular flexibility index (Phi) is 3.86. The third-order valence-electron chi connectivity index (χ3n) is 4.37. The smallest absolute Gasteiger partial charge is 0.416 e. The van der Waals surface area contributed by atoms with E-state index in [0.717, 1.165) is 29.7 Å². The Labute approximate surface area is 147 Å². The Morgan fingerprint density at radius 1 is 1.08 bits per heavy atom. The molecular weight excluding hydrogens is 347 g/mol. The van der Waals surface area contributed by atoms with E-state index in [4.69, 9.17) is 9.47 Å². The zero-order valence-electron chi connectivity index (χ0n) is 13.5. The molecule has 7 heteroatoms. The molecule has 0 saturated carbocycles. The fourth-order valence-electron chi connectivity index (χ4n) is 3.04. The van der Waals surface area contributed by atoms with Crippen molar-refractivity contribution in [3.05, 3.63) is 64.7 Å². The van der Waals surface area contributed by atoms with E-state index in [1.54, 1.807) is 0 Å². The van der Waals surface area contributed by atoms with Crippen LogP contribution < -0.4 is 14.8 Å². The molecule has 0 amide bonds. The molecule has 0 saturated heterocycles. The van der Waals surface area contributed by atoms with Crippen molar-refractivity contribution in [2.45, 2.75) is 12.6 Å². The summed E-state index contributed by atoms with van der Waals surface area (Å²) in [6.07, 6.45) is -2.24. The van der Waals surface area contributed by atoms with Crippen LogP contribution in [0.3, 0.4) is 0 Å². The van der Waals surface area contributed by atoms with E-state index in [0.29, 0.717) is 23.7 Å². The van der Waals surface area contributed by atoms with E-state index in [1.165, 1.54) is 18.2 Å². The minimum atomic E-state index is -4.42. The highest BCUT2D eigenvalue weighted by Crippen LogP contribution is 2.38. The lowest BCUT2D eigenvalue weighted by Crippen LogP contribution is -2.23. The Hall–Kier alpha value is -2.96. The molecule has 0 bridgehead atoms. The molecule has 1 N–H and O–H groups in total. The highest BCUT2D eigenvalue weighted by molar-refractivity contribution is 6.08. The van der Waals surface area contributed by atoms with E-state index in [9.17, 15) is 18.0 Å². The molecule has 2 aliphatic rings. The van der Waals surface area contributed by atoms with Gasteiger partial charge in [-0.25, -0.2) is 0 Å². The van der Waals surface area contributed by atoms with Crippen LogP contribution in [0.5, 0.6) is 11.5 Å². The number of ether oxygens (including phenoxy) is 2. The first kappa shape index (κ1) is 16.5. The average molecular weight is 361 g/mol. The average Bonchev–Trinajstić information content (AvgIpc) is 3.07. The van der Waals surface area contributed by atoms with E-state index in [1.807, 2.05) is 12.1 Å². The highest BCUT2D eigenvalue weighted by Gasteiger charge is 2.30. The normalized spacial score (nSPS) is 17.0. The van der Waals surface area contributed by atoms with Gasteiger partial charge in [0.05, 0.1) is 5.56 Å². The minimum absolute atomic E-state index is 0.162. The van der Waals surface area contributed by atoms with Gasteiger partial charge in [0.25, 0.3) is 0 Å². The van der Waals surface area contributed by atoms with E-state index >= 15 is 0 Å². The van der Waals surface area contributed by atoms with Crippen LogP contribution in [0.4, 0.5) is 13.2 Å². The highest BCUT2D eigenvalue weighted by atomic mass is 19.4. The van der Waals surface area contributed by atoms with Crippen molar-refractivity contribution in [3.8, 4) is 11.5 Å². The van der Waals surface area contributed by atoms with Crippen molar-refractivity contribution < 1.29 is 27.4 Å². The molecule has 0 aromatic heterocycles. The van der Waals surface area contributed by atoms with Crippen LogP contribution >= 0.6 is 0 Å². The molecule has 0 spiro atoms. The van der Waals surface area contributed by atoms with Crippen molar-refractivity contribution in [1.82, 2.24) is 5.32 Å². The van der Waals surface area contributed by atoms with E-state index in [-0.39, 0.29) is 18.1 Å². The fourth-order valence-corrected chi connectivity index (χ4v) is 3.04. The second kappa shape index (κ2) is 6.09. The molecule has 0 unspecified atom stereocenters. The van der Waals surface area contributed by atoms with Gasteiger partial charge in [0.2, 0.25) is 6.79 Å². The van der Waals surface area contributed by atoms with Crippen molar-refractivity contribution in [3.63, 3.8) is 0 Å². The van der Waals surface area contributed by atoms with Crippen LogP contribution in [-0.4, -0.2) is 19.1 Å². The number of nitrogens with one attached hydrogen (secondary N) is 1. The second-order valence-electron chi connectivity index (χ2n) is 6.04. The Morgan fingerprint density at radius 3 is 2.46 bits per heavy atom. The summed E-state index contributed by atoms with van der Waals surface area (Å²) in [5.41, 5.74) is 1.89. The number of carbonyl (C=O) groups is 1. The van der Waals surface area contributed by atoms with Gasteiger partial charge in [-0.1, -0.05) is 12.1 Å². The van der Waals surface area contributed by atoms with Gasteiger partial charge < -0.3 is 14.8 Å². The number of rotatable bonds is 2. The van der Waals surface area contributed by atoms with Crippen LogP contribution in [0.25, 0.3) is 5.70 Å². The van der Waals surface area contributed by atoms with Crippen molar-refractivity contribution in [1.29, 1.82) is 0 Å². The number of fused-ring (bicyclic) bond motifs is 2.